The first-order chi connectivity index (χ1) is 16.0. The third-order valence-corrected chi connectivity index (χ3v) is 10.7. The fourth-order valence-corrected chi connectivity index (χ4v) is 8.14. The summed E-state index contributed by atoms with van der Waals surface area (Å²) in [6.07, 6.45) is 0.0369. The Bertz CT molecular complexity index is 1160. The van der Waals surface area contributed by atoms with Gasteiger partial charge in [0.2, 0.25) is 5.91 Å². The SMILES string of the molecule is CCN1CCN(c2ccc(S(=O)(=O)[C@@H]3CC[C@@](C(=O)O)(C4CC4(C#N)C(N)=O)C3)c(Cl)c2)CC1. The molecule has 11 heteroatoms. The van der Waals surface area contributed by atoms with E-state index in [-0.39, 0.29) is 35.6 Å². The summed E-state index contributed by atoms with van der Waals surface area (Å²) in [7, 11) is -3.93. The van der Waals surface area contributed by atoms with Crippen LogP contribution in [0, 0.1) is 28.1 Å². The van der Waals surface area contributed by atoms with Crippen molar-refractivity contribution in [2.75, 3.05) is 37.6 Å². The van der Waals surface area contributed by atoms with E-state index in [9.17, 15) is 28.4 Å². The zero-order valence-corrected chi connectivity index (χ0v) is 20.6. The van der Waals surface area contributed by atoms with E-state index < -0.39 is 43.7 Å². The molecule has 4 atom stereocenters. The van der Waals surface area contributed by atoms with Crippen LogP contribution in [0.25, 0.3) is 0 Å². The lowest BCUT2D eigenvalue weighted by atomic mass is 9.77. The number of nitrogens with zero attached hydrogens (tertiary/aromatic N) is 3. The maximum absolute atomic E-state index is 13.5. The molecular formula is C23H29ClN4O5S. The number of nitriles is 1. The number of aliphatic carboxylic acids is 1. The van der Waals surface area contributed by atoms with Crippen molar-refractivity contribution < 1.29 is 23.1 Å². The van der Waals surface area contributed by atoms with Crippen LogP contribution in [0.3, 0.4) is 0 Å². The molecular weight excluding hydrogens is 480 g/mol. The average molecular weight is 509 g/mol. The van der Waals surface area contributed by atoms with Gasteiger partial charge in [-0.05, 0) is 50.4 Å². The molecule has 3 N–H and O–H groups in total. The Balaban J connectivity index is 1.56. The van der Waals surface area contributed by atoms with Gasteiger partial charge in [-0.3, -0.25) is 9.59 Å². The molecule has 0 spiro atoms. The normalized spacial score (nSPS) is 31.7. The summed E-state index contributed by atoms with van der Waals surface area (Å²) >= 11 is 6.45. The highest BCUT2D eigenvalue weighted by Gasteiger charge is 2.72. The fourth-order valence-electron chi connectivity index (χ4n) is 5.75. The van der Waals surface area contributed by atoms with Gasteiger partial charge in [0, 0.05) is 37.8 Å². The monoisotopic (exact) mass is 508 g/mol. The Labute approximate surface area is 204 Å². The van der Waals surface area contributed by atoms with Crippen molar-refractivity contribution in [1.82, 2.24) is 4.90 Å². The minimum absolute atomic E-state index is 0.0199. The number of amides is 1. The number of carbonyl (C=O) groups excluding carboxylic acids is 1. The lowest BCUT2D eigenvalue weighted by Crippen LogP contribution is -2.46. The number of benzene rings is 1. The molecule has 1 aromatic rings. The minimum Gasteiger partial charge on any atom is -0.481 e. The Morgan fingerprint density at radius 2 is 1.94 bits per heavy atom. The standard InChI is InChI=1S/C23H29ClN4O5S/c1-2-27-7-9-28(10-8-27)15-3-4-18(17(24)11-15)34(32,33)16-5-6-22(12-16,21(30)31)19-13-23(19,14-25)20(26)29/h3-4,11,16,19H,2,5-10,12-13H2,1H3,(H2,26,29)(H,30,31)/t16-,19?,22+,23?/m1/s1. The van der Waals surface area contributed by atoms with Gasteiger partial charge in [0.25, 0.3) is 0 Å². The smallest absolute Gasteiger partial charge is 0.310 e. The number of likely N-dealkylation sites (N-methyl/N-ethyl adjacent to an activating group) is 1. The van der Waals surface area contributed by atoms with E-state index in [0.717, 1.165) is 38.4 Å². The van der Waals surface area contributed by atoms with Crippen molar-refractivity contribution in [3.8, 4) is 6.07 Å². The summed E-state index contributed by atoms with van der Waals surface area (Å²) in [6, 6.07) is 6.78. The molecule has 0 radical (unpaired) electrons. The number of hydrogen-bond donors (Lipinski definition) is 2. The van der Waals surface area contributed by atoms with Crippen LogP contribution in [-0.4, -0.2) is 68.3 Å². The molecule has 1 heterocycles. The van der Waals surface area contributed by atoms with Crippen LogP contribution in [0.4, 0.5) is 5.69 Å². The predicted molar refractivity (Wildman–Crippen MR) is 126 cm³/mol. The Kier molecular flexibility index (Phi) is 6.34. The number of anilines is 1. The van der Waals surface area contributed by atoms with Crippen molar-refractivity contribution in [2.45, 2.75) is 42.8 Å². The summed E-state index contributed by atoms with van der Waals surface area (Å²) in [5, 5.41) is 18.6. The number of primary amides is 1. The number of carboxylic acids is 1. The van der Waals surface area contributed by atoms with E-state index in [1.807, 2.05) is 6.07 Å². The van der Waals surface area contributed by atoms with Crippen molar-refractivity contribution in [2.24, 2.45) is 22.5 Å². The van der Waals surface area contributed by atoms with Crippen molar-refractivity contribution in [3.05, 3.63) is 23.2 Å². The molecule has 1 aliphatic heterocycles. The lowest BCUT2D eigenvalue weighted by molar-refractivity contribution is -0.150. The van der Waals surface area contributed by atoms with Crippen molar-refractivity contribution in [3.63, 3.8) is 0 Å². The van der Waals surface area contributed by atoms with Crippen molar-refractivity contribution >= 4 is 39.0 Å². The largest absolute Gasteiger partial charge is 0.481 e. The van der Waals surface area contributed by atoms with Crippen LogP contribution in [0.15, 0.2) is 23.1 Å². The zero-order chi connectivity index (χ0) is 24.9. The molecule has 0 aromatic heterocycles. The number of piperazine rings is 1. The van der Waals surface area contributed by atoms with Crippen LogP contribution in [-0.2, 0) is 19.4 Å². The Morgan fingerprint density at radius 3 is 2.44 bits per heavy atom. The molecule has 1 saturated heterocycles. The first-order valence-corrected chi connectivity index (χ1v) is 13.4. The number of rotatable bonds is 7. The Hall–Kier alpha value is -2.35. The van der Waals surface area contributed by atoms with Gasteiger partial charge in [0.05, 0.1) is 26.7 Å². The Morgan fingerprint density at radius 1 is 1.26 bits per heavy atom. The maximum atomic E-state index is 13.5. The second-order valence-corrected chi connectivity index (χ2v) is 12.2. The molecule has 0 bridgehead atoms. The highest BCUT2D eigenvalue weighted by molar-refractivity contribution is 7.92. The van der Waals surface area contributed by atoms with Crippen LogP contribution in [0.1, 0.15) is 32.6 Å². The van der Waals surface area contributed by atoms with E-state index in [1.54, 1.807) is 12.1 Å². The molecule has 34 heavy (non-hydrogen) atoms. The number of hydrogen-bond acceptors (Lipinski definition) is 7. The molecule has 3 aliphatic rings. The van der Waals surface area contributed by atoms with Gasteiger partial charge in [0.1, 0.15) is 5.41 Å². The van der Waals surface area contributed by atoms with E-state index in [1.165, 1.54) is 6.07 Å². The maximum Gasteiger partial charge on any atom is 0.310 e. The second-order valence-electron chi connectivity index (χ2n) is 9.61. The molecule has 3 fully saturated rings. The topological polar surface area (TPSA) is 145 Å². The molecule has 2 unspecified atom stereocenters. The first kappa shape index (κ1) is 24.8. The summed E-state index contributed by atoms with van der Waals surface area (Å²) in [4.78, 5) is 28.6. The van der Waals surface area contributed by atoms with E-state index in [0.29, 0.717) is 0 Å². The van der Waals surface area contributed by atoms with E-state index in [2.05, 4.69) is 16.7 Å². The van der Waals surface area contributed by atoms with Crippen LogP contribution in [0.5, 0.6) is 0 Å². The van der Waals surface area contributed by atoms with E-state index >= 15 is 0 Å². The molecule has 4 rings (SSSR count). The highest BCUT2D eigenvalue weighted by Crippen LogP contribution is 2.66. The van der Waals surface area contributed by atoms with Crippen LogP contribution in [0.2, 0.25) is 5.02 Å². The molecule has 1 aromatic carbocycles. The molecule has 9 nitrogen and oxygen atoms in total. The fraction of sp³-hybridized carbons (Fsp3) is 0.609. The first-order valence-electron chi connectivity index (χ1n) is 11.5. The number of sulfone groups is 1. The van der Waals surface area contributed by atoms with Gasteiger partial charge < -0.3 is 20.6 Å². The van der Waals surface area contributed by atoms with Crippen molar-refractivity contribution in [1.29, 1.82) is 5.26 Å². The number of carboxylic acid groups (broad SMARTS) is 1. The number of nitrogens with two attached hydrogens (primary N) is 1. The van der Waals surface area contributed by atoms with Gasteiger partial charge in [-0.2, -0.15) is 5.26 Å². The van der Waals surface area contributed by atoms with Gasteiger partial charge in [-0.25, -0.2) is 8.42 Å². The highest BCUT2D eigenvalue weighted by atomic mass is 35.5. The average Bonchev–Trinajstić information content (AvgIpc) is 3.40. The quantitative estimate of drug-likeness (QED) is 0.568. The predicted octanol–water partition coefficient (Wildman–Crippen LogP) is 1.89. The van der Waals surface area contributed by atoms with Gasteiger partial charge in [-0.15, -0.1) is 0 Å². The van der Waals surface area contributed by atoms with E-state index in [4.69, 9.17) is 17.3 Å². The lowest BCUT2D eigenvalue weighted by Gasteiger charge is -2.35. The minimum atomic E-state index is -3.93. The van der Waals surface area contributed by atoms with Gasteiger partial charge in [0.15, 0.2) is 9.84 Å². The summed E-state index contributed by atoms with van der Waals surface area (Å²) < 4.78 is 27.0. The van der Waals surface area contributed by atoms with Crippen LogP contribution >= 0.6 is 11.6 Å². The van der Waals surface area contributed by atoms with Gasteiger partial charge >= 0.3 is 5.97 Å². The molecule has 184 valence electrons. The van der Waals surface area contributed by atoms with Crippen LogP contribution < -0.4 is 10.6 Å². The summed E-state index contributed by atoms with van der Waals surface area (Å²) in [5.74, 6) is -2.84. The molecule has 2 aliphatic carbocycles. The zero-order valence-electron chi connectivity index (χ0n) is 19.0. The van der Waals surface area contributed by atoms with Gasteiger partial charge in [-0.1, -0.05) is 18.5 Å². The number of halogens is 1. The second kappa shape index (κ2) is 8.70. The summed E-state index contributed by atoms with van der Waals surface area (Å²) in [5.41, 5.74) is 3.22. The third kappa shape index (κ3) is 3.84. The number of carbonyl (C=O) groups is 2. The third-order valence-electron chi connectivity index (χ3n) is 8.04. The molecule has 2 saturated carbocycles. The summed E-state index contributed by atoms with van der Waals surface area (Å²) in [6.45, 7) is 6.59. The molecule has 1 amide bonds.